The van der Waals surface area contributed by atoms with Crippen LogP contribution in [0.3, 0.4) is 0 Å². The Morgan fingerprint density at radius 2 is 1.76 bits per heavy atom. The lowest BCUT2D eigenvalue weighted by molar-refractivity contribution is 0.0827. The molecule has 8 nitrogen and oxygen atoms in total. The Balaban J connectivity index is 1.92. The zero-order valence-corrected chi connectivity index (χ0v) is 16.4. The fourth-order valence-corrected chi connectivity index (χ4v) is 2.77. The summed E-state index contributed by atoms with van der Waals surface area (Å²) < 4.78 is 1.04. The lowest BCUT2D eigenvalue weighted by atomic mass is 10.1. The molecule has 0 saturated carbocycles. The molecule has 2 N–H and O–H groups in total. The molecule has 2 amide bonds. The van der Waals surface area contributed by atoms with Gasteiger partial charge in [0.25, 0.3) is 22.9 Å². The van der Waals surface area contributed by atoms with Gasteiger partial charge in [-0.15, -0.1) is 0 Å². The van der Waals surface area contributed by atoms with Crippen LogP contribution in [0.25, 0.3) is 5.69 Å². The van der Waals surface area contributed by atoms with Crippen molar-refractivity contribution in [2.24, 2.45) is 0 Å². The fourth-order valence-electron chi connectivity index (χ4n) is 2.61. The summed E-state index contributed by atoms with van der Waals surface area (Å²) in [5.41, 5.74) is 0.313. The first-order chi connectivity index (χ1) is 13.8. The first-order valence-electron chi connectivity index (χ1n) is 8.51. The van der Waals surface area contributed by atoms with Gasteiger partial charge >= 0.3 is 0 Å². The molecule has 0 radical (unpaired) electrons. The van der Waals surface area contributed by atoms with Crippen molar-refractivity contribution in [3.63, 3.8) is 0 Å². The number of rotatable bonds is 4. The first-order valence-corrected chi connectivity index (χ1v) is 8.89. The average molecular weight is 413 g/mol. The predicted molar refractivity (Wildman–Crippen MR) is 110 cm³/mol. The van der Waals surface area contributed by atoms with Crippen LogP contribution < -0.4 is 16.4 Å². The van der Waals surface area contributed by atoms with Crippen LogP contribution in [0.4, 0.5) is 5.69 Å². The zero-order chi connectivity index (χ0) is 21.1. The molecule has 3 rings (SSSR count). The first kappa shape index (κ1) is 20.1. The van der Waals surface area contributed by atoms with E-state index in [2.05, 4.69) is 10.4 Å². The SMILES string of the molecule is CN(C)C(=O)c1ccc(Cl)c(NC(=O)c2cccc(-n3[nH]c(=O)ccc3=O)c2)c1. The molecule has 1 aromatic heterocycles. The van der Waals surface area contributed by atoms with E-state index in [0.29, 0.717) is 11.3 Å². The molecule has 0 bridgehead atoms. The number of H-pyrrole nitrogens is 1. The number of amides is 2. The number of aromatic amines is 1. The molecule has 0 aliphatic rings. The highest BCUT2D eigenvalue weighted by Gasteiger charge is 2.14. The molecule has 0 saturated heterocycles. The van der Waals surface area contributed by atoms with Gasteiger partial charge in [-0.2, -0.15) is 0 Å². The quantitative estimate of drug-likeness (QED) is 0.684. The van der Waals surface area contributed by atoms with E-state index in [9.17, 15) is 19.2 Å². The van der Waals surface area contributed by atoms with Crippen LogP contribution in [-0.2, 0) is 0 Å². The summed E-state index contributed by atoms with van der Waals surface area (Å²) in [7, 11) is 3.24. The van der Waals surface area contributed by atoms with E-state index in [1.807, 2.05) is 0 Å². The Morgan fingerprint density at radius 3 is 2.48 bits per heavy atom. The van der Waals surface area contributed by atoms with Gasteiger partial charge in [-0.05, 0) is 36.4 Å². The van der Waals surface area contributed by atoms with E-state index >= 15 is 0 Å². The molecular weight excluding hydrogens is 396 g/mol. The summed E-state index contributed by atoms with van der Waals surface area (Å²) >= 11 is 6.15. The van der Waals surface area contributed by atoms with Crippen molar-refractivity contribution in [3.8, 4) is 5.69 Å². The number of carbonyl (C=O) groups excluding carboxylic acids is 2. The van der Waals surface area contributed by atoms with Crippen molar-refractivity contribution in [1.82, 2.24) is 14.7 Å². The van der Waals surface area contributed by atoms with Crippen LogP contribution in [0.2, 0.25) is 5.02 Å². The van der Waals surface area contributed by atoms with Gasteiger partial charge in [0, 0.05) is 37.4 Å². The van der Waals surface area contributed by atoms with Crippen molar-refractivity contribution in [2.75, 3.05) is 19.4 Å². The van der Waals surface area contributed by atoms with Crippen molar-refractivity contribution in [1.29, 1.82) is 0 Å². The Bertz CT molecular complexity index is 1210. The van der Waals surface area contributed by atoms with Crippen LogP contribution in [0, 0.1) is 0 Å². The molecular formula is C20H17ClN4O4. The lowest BCUT2D eigenvalue weighted by Crippen LogP contribution is -2.26. The summed E-state index contributed by atoms with van der Waals surface area (Å²) in [6.07, 6.45) is 0. The van der Waals surface area contributed by atoms with Crippen molar-refractivity contribution in [3.05, 3.63) is 91.5 Å². The molecule has 148 valence electrons. The van der Waals surface area contributed by atoms with Crippen molar-refractivity contribution >= 4 is 29.1 Å². The maximum Gasteiger partial charge on any atom is 0.269 e. The normalized spacial score (nSPS) is 10.4. The van der Waals surface area contributed by atoms with Crippen LogP contribution >= 0.6 is 11.6 Å². The van der Waals surface area contributed by atoms with Gasteiger partial charge in [-0.25, -0.2) is 4.68 Å². The maximum absolute atomic E-state index is 12.7. The largest absolute Gasteiger partial charge is 0.345 e. The van der Waals surface area contributed by atoms with Crippen molar-refractivity contribution in [2.45, 2.75) is 0 Å². The molecule has 0 aliphatic heterocycles. The Hall–Kier alpha value is -3.65. The fraction of sp³-hybridized carbons (Fsp3) is 0.100. The van der Waals surface area contributed by atoms with E-state index in [-0.39, 0.29) is 22.2 Å². The number of carbonyl (C=O) groups is 2. The van der Waals surface area contributed by atoms with Gasteiger partial charge in [-0.1, -0.05) is 17.7 Å². The summed E-state index contributed by atoms with van der Waals surface area (Å²) in [5.74, 6) is -0.721. The van der Waals surface area contributed by atoms with Gasteiger partial charge in [-0.3, -0.25) is 24.3 Å². The van der Waals surface area contributed by atoms with Gasteiger partial charge in [0.15, 0.2) is 0 Å². The number of halogens is 1. The Labute approximate surface area is 170 Å². The second-order valence-corrected chi connectivity index (χ2v) is 6.79. The second kappa shape index (κ2) is 8.15. The number of benzene rings is 2. The minimum atomic E-state index is -0.491. The van der Waals surface area contributed by atoms with E-state index in [1.54, 1.807) is 38.4 Å². The van der Waals surface area contributed by atoms with Gasteiger partial charge in [0.05, 0.1) is 16.4 Å². The van der Waals surface area contributed by atoms with Crippen LogP contribution in [-0.4, -0.2) is 40.6 Å². The van der Waals surface area contributed by atoms with E-state index in [4.69, 9.17) is 11.6 Å². The smallest absolute Gasteiger partial charge is 0.269 e. The Morgan fingerprint density at radius 1 is 1.00 bits per heavy atom. The number of nitrogens with one attached hydrogen (secondary N) is 2. The third-order valence-corrected chi connectivity index (χ3v) is 4.38. The molecule has 9 heteroatoms. The molecule has 0 fully saturated rings. The van der Waals surface area contributed by atoms with Crippen LogP contribution in [0.5, 0.6) is 0 Å². The Kier molecular flexibility index (Phi) is 5.65. The minimum absolute atomic E-state index is 0.230. The summed E-state index contributed by atoms with van der Waals surface area (Å²) in [4.78, 5) is 49.7. The summed E-state index contributed by atoms with van der Waals surface area (Å²) in [5, 5.41) is 5.34. The molecule has 29 heavy (non-hydrogen) atoms. The predicted octanol–water partition coefficient (Wildman–Crippen LogP) is 2.13. The van der Waals surface area contributed by atoms with Crippen LogP contribution in [0.15, 0.2) is 64.2 Å². The molecule has 2 aromatic carbocycles. The number of hydrogen-bond acceptors (Lipinski definition) is 4. The minimum Gasteiger partial charge on any atom is -0.345 e. The molecule has 0 aliphatic carbocycles. The van der Waals surface area contributed by atoms with E-state index < -0.39 is 17.0 Å². The van der Waals surface area contributed by atoms with Gasteiger partial charge < -0.3 is 10.2 Å². The number of nitrogens with zero attached hydrogens (tertiary/aromatic N) is 2. The molecule has 1 heterocycles. The molecule has 0 unspecified atom stereocenters. The molecule has 0 atom stereocenters. The third-order valence-electron chi connectivity index (χ3n) is 4.05. The standard InChI is InChI=1S/C20H17ClN4O4/c1-24(2)20(29)13-6-7-15(21)16(11-13)22-19(28)12-4-3-5-14(10-12)25-18(27)9-8-17(26)23-25/h3-11H,1-2H3,(H,22,28)(H,23,26). The average Bonchev–Trinajstić information content (AvgIpc) is 2.70. The van der Waals surface area contributed by atoms with E-state index in [0.717, 1.165) is 16.8 Å². The maximum atomic E-state index is 12.7. The topological polar surface area (TPSA) is 104 Å². The highest BCUT2D eigenvalue weighted by Crippen LogP contribution is 2.24. The summed E-state index contributed by atoms with van der Waals surface area (Å²) in [6.45, 7) is 0. The zero-order valence-electron chi connectivity index (χ0n) is 15.6. The number of aromatic nitrogens is 2. The highest BCUT2D eigenvalue weighted by atomic mass is 35.5. The summed E-state index contributed by atoms with van der Waals surface area (Å²) in [6, 6.07) is 13.0. The molecule has 3 aromatic rings. The monoisotopic (exact) mass is 412 g/mol. The van der Waals surface area contributed by atoms with Crippen molar-refractivity contribution < 1.29 is 9.59 Å². The lowest BCUT2D eigenvalue weighted by Gasteiger charge is -2.13. The van der Waals surface area contributed by atoms with Gasteiger partial charge in [0.1, 0.15) is 0 Å². The second-order valence-electron chi connectivity index (χ2n) is 6.38. The number of anilines is 1. The third kappa shape index (κ3) is 4.44. The van der Waals surface area contributed by atoms with E-state index in [1.165, 1.54) is 23.1 Å². The van der Waals surface area contributed by atoms with Gasteiger partial charge in [0.2, 0.25) is 0 Å². The highest BCUT2D eigenvalue weighted by molar-refractivity contribution is 6.34. The number of hydrogen-bond donors (Lipinski definition) is 2. The van der Waals surface area contributed by atoms with Crippen LogP contribution in [0.1, 0.15) is 20.7 Å². The molecule has 0 spiro atoms.